The summed E-state index contributed by atoms with van der Waals surface area (Å²) in [6.45, 7) is 2.05. The number of ether oxygens (including phenoxy) is 1. The highest BCUT2D eigenvalue weighted by atomic mass is 79.9. The van der Waals surface area contributed by atoms with Gasteiger partial charge in [0.2, 0.25) is 0 Å². The average molecular weight is 488 g/mol. The quantitative estimate of drug-likeness (QED) is 0.309. The number of amides is 1. The summed E-state index contributed by atoms with van der Waals surface area (Å²) in [6.07, 6.45) is 1.52. The van der Waals surface area contributed by atoms with E-state index in [1.165, 1.54) is 22.5 Å². The fourth-order valence-corrected chi connectivity index (χ4v) is 5.11. The summed E-state index contributed by atoms with van der Waals surface area (Å²) >= 11 is 4.84. The maximum absolute atomic E-state index is 13.0. The summed E-state index contributed by atoms with van der Waals surface area (Å²) in [5.74, 6) is -0.461. The van der Waals surface area contributed by atoms with Crippen LogP contribution in [0.2, 0.25) is 0 Å². The lowest BCUT2D eigenvalue weighted by Gasteiger charge is -2.24. The Balaban J connectivity index is 1.87. The second kappa shape index (κ2) is 8.12. The molecule has 30 heavy (non-hydrogen) atoms. The van der Waals surface area contributed by atoms with Crippen LogP contribution in [-0.2, 0) is 16.1 Å². The number of aliphatic hydroxyl groups is 1. The van der Waals surface area contributed by atoms with Crippen LogP contribution in [0.1, 0.15) is 27.8 Å². The molecule has 1 atom stereocenters. The molecule has 0 bridgehead atoms. The smallest absolute Gasteiger partial charge is 0.296 e. The molecule has 3 heterocycles. The van der Waals surface area contributed by atoms with E-state index in [4.69, 9.17) is 9.15 Å². The summed E-state index contributed by atoms with van der Waals surface area (Å²) in [6, 6.07) is 9.70. The summed E-state index contributed by atoms with van der Waals surface area (Å²) in [7, 11) is 1.54. The lowest BCUT2D eigenvalue weighted by Crippen LogP contribution is -2.28. The number of ketones is 1. The predicted molar refractivity (Wildman–Crippen MR) is 116 cm³/mol. The van der Waals surface area contributed by atoms with Crippen LogP contribution >= 0.6 is 27.3 Å². The van der Waals surface area contributed by atoms with Crippen molar-refractivity contribution in [3.63, 3.8) is 0 Å². The third-order valence-electron chi connectivity index (χ3n) is 5.02. The molecule has 4 rings (SSSR count). The minimum Gasteiger partial charge on any atom is -0.507 e. The molecule has 1 fully saturated rings. The van der Waals surface area contributed by atoms with E-state index < -0.39 is 17.7 Å². The molecule has 0 radical (unpaired) electrons. The molecule has 1 amide bonds. The van der Waals surface area contributed by atoms with Crippen molar-refractivity contribution >= 4 is 44.7 Å². The number of likely N-dealkylation sites (tertiary alicyclic amines) is 1. The van der Waals surface area contributed by atoms with Crippen LogP contribution in [0.5, 0.6) is 5.75 Å². The van der Waals surface area contributed by atoms with Gasteiger partial charge >= 0.3 is 0 Å². The summed E-state index contributed by atoms with van der Waals surface area (Å²) in [4.78, 5) is 28.2. The highest BCUT2D eigenvalue weighted by Gasteiger charge is 2.47. The zero-order valence-electron chi connectivity index (χ0n) is 16.2. The van der Waals surface area contributed by atoms with E-state index in [0.29, 0.717) is 21.5 Å². The van der Waals surface area contributed by atoms with Gasteiger partial charge in [-0.25, -0.2) is 0 Å². The standard InChI is InChI=1S/C22H18BrNO5S/c1-12-7-9-30-21(12)18-17(19(25)13-5-6-16(28-2)15(23)10-13)20(26)22(27)24(18)11-14-4-3-8-29-14/h3-10,18,25H,11H2,1-2H3/b19-17-. The van der Waals surface area contributed by atoms with Crippen molar-refractivity contribution in [1.82, 2.24) is 4.90 Å². The zero-order valence-corrected chi connectivity index (χ0v) is 18.6. The Labute approximate surface area is 185 Å². The fraction of sp³-hybridized carbons (Fsp3) is 0.182. The van der Waals surface area contributed by atoms with Crippen LogP contribution in [0, 0.1) is 6.92 Å². The Morgan fingerprint density at radius 1 is 1.30 bits per heavy atom. The van der Waals surface area contributed by atoms with Crippen LogP contribution in [-0.4, -0.2) is 28.8 Å². The minimum atomic E-state index is -0.719. The van der Waals surface area contributed by atoms with Crippen molar-refractivity contribution < 1.29 is 23.8 Å². The minimum absolute atomic E-state index is 0.0640. The third kappa shape index (κ3) is 3.46. The van der Waals surface area contributed by atoms with Crippen LogP contribution in [0.15, 0.2) is 62.5 Å². The zero-order chi connectivity index (χ0) is 21.4. The number of aliphatic hydroxyl groups excluding tert-OH is 1. The molecule has 1 aliphatic rings. The van der Waals surface area contributed by atoms with Gasteiger partial charge < -0.3 is 19.2 Å². The number of rotatable bonds is 5. The number of thiophene rings is 1. The maximum Gasteiger partial charge on any atom is 0.296 e. The second-order valence-electron chi connectivity index (χ2n) is 6.82. The SMILES string of the molecule is COc1ccc(/C(O)=C2/C(=O)C(=O)N(Cc3ccco3)C2c2sccc2C)cc1Br. The van der Waals surface area contributed by atoms with E-state index in [2.05, 4.69) is 15.9 Å². The number of hydrogen-bond acceptors (Lipinski definition) is 6. The monoisotopic (exact) mass is 487 g/mol. The number of aryl methyl sites for hydroxylation is 1. The second-order valence-corrected chi connectivity index (χ2v) is 8.63. The maximum atomic E-state index is 13.0. The van der Waals surface area contributed by atoms with Crippen molar-refractivity contribution in [1.29, 1.82) is 0 Å². The Kier molecular flexibility index (Phi) is 5.53. The lowest BCUT2D eigenvalue weighted by molar-refractivity contribution is -0.140. The Bertz CT molecular complexity index is 1150. The lowest BCUT2D eigenvalue weighted by atomic mass is 9.98. The number of carbonyl (C=O) groups excluding carboxylic acids is 2. The molecule has 3 aromatic rings. The number of hydrogen-bond donors (Lipinski definition) is 1. The molecule has 6 nitrogen and oxygen atoms in total. The topological polar surface area (TPSA) is 80.0 Å². The van der Waals surface area contributed by atoms with Crippen molar-refractivity contribution in [2.75, 3.05) is 7.11 Å². The molecule has 2 aromatic heterocycles. The van der Waals surface area contributed by atoms with Gasteiger partial charge in [0.25, 0.3) is 11.7 Å². The van der Waals surface area contributed by atoms with Crippen molar-refractivity contribution in [3.05, 3.63) is 79.9 Å². The van der Waals surface area contributed by atoms with Gasteiger partial charge in [-0.2, -0.15) is 0 Å². The number of Topliss-reactive ketones (excluding diaryl/α,β-unsaturated/α-hetero) is 1. The van der Waals surface area contributed by atoms with Gasteiger partial charge in [-0.05, 0) is 70.2 Å². The largest absolute Gasteiger partial charge is 0.507 e. The molecule has 1 aliphatic heterocycles. The van der Waals surface area contributed by atoms with E-state index in [0.717, 1.165) is 10.4 Å². The molecule has 0 saturated carbocycles. The van der Waals surface area contributed by atoms with Gasteiger partial charge in [-0.15, -0.1) is 11.3 Å². The molecule has 8 heteroatoms. The van der Waals surface area contributed by atoms with E-state index in [9.17, 15) is 14.7 Å². The molecule has 0 spiro atoms. The first-order valence-electron chi connectivity index (χ1n) is 9.11. The van der Waals surface area contributed by atoms with Gasteiger partial charge in [-0.1, -0.05) is 0 Å². The molecule has 1 unspecified atom stereocenters. The molecular weight excluding hydrogens is 470 g/mol. The van der Waals surface area contributed by atoms with Crippen LogP contribution in [0.25, 0.3) is 5.76 Å². The molecule has 0 aliphatic carbocycles. The van der Waals surface area contributed by atoms with Gasteiger partial charge in [0.05, 0.1) is 30.0 Å². The summed E-state index contributed by atoms with van der Waals surface area (Å²) < 4.78 is 11.3. The third-order valence-corrected chi connectivity index (χ3v) is 6.71. The number of nitrogens with zero attached hydrogens (tertiary/aromatic N) is 1. The van der Waals surface area contributed by atoms with Crippen molar-refractivity contribution in [2.24, 2.45) is 0 Å². The molecule has 1 saturated heterocycles. The van der Waals surface area contributed by atoms with Crippen LogP contribution in [0.3, 0.4) is 0 Å². The molecule has 1 aromatic carbocycles. The highest BCUT2D eigenvalue weighted by molar-refractivity contribution is 9.10. The van der Waals surface area contributed by atoms with E-state index in [-0.39, 0.29) is 17.9 Å². The van der Waals surface area contributed by atoms with Gasteiger partial charge in [-0.3, -0.25) is 9.59 Å². The van der Waals surface area contributed by atoms with E-state index in [1.807, 2.05) is 18.4 Å². The highest BCUT2D eigenvalue weighted by Crippen LogP contribution is 2.43. The summed E-state index contributed by atoms with van der Waals surface area (Å²) in [5, 5.41) is 13.0. The molecule has 154 valence electrons. The number of furan rings is 1. The first-order valence-corrected chi connectivity index (χ1v) is 10.8. The van der Waals surface area contributed by atoms with Crippen molar-refractivity contribution in [3.8, 4) is 5.75 Å². The first-order chi connectivity index (χ1) is 14.4. The number of benzene rings is 1. The van der Waals surface area contributed by atoms with Gasteiger partial charge in [0.1, 0.15) is 23.3 Å². The van der Waals surface area contributed by atoms with Crippen LogP contribution in [0.4, 0.5) is 0 Å². The Morgan fingerprint density at radius 3 is 2.70 bits per heavy atom. The van der Waals surface area contributed by atoms with Crippen molar-refractivity contribution in [2.45, 2.75) is 19.5 Å². The predicted octanol–water partition coefficient (Wildman–Crippen LogP) is 5.04. The van der Waals surface area contributed by atoms with E-state index in [1.54, 1.807) is 37.4 Å². The first kappa shape index (κ1) is 20.4. The fourth-order valence-electron chi connectivity index (χ4n) is 3.52. The summed E-state index contributed by atoms with van der Waals surface area (Å²) in [5.41, 5.74) is 1.42. The van der Waals surface area contributed by atoms with Gasteiger partial charge in [0.15, 0.2) is 0 Å². The van der Waals surface area contributed by atoms with Crippen LogP contribution < -0.4 is 4.74 Å². The van der Waals surface area contributed by atoms with Gasteiger partial charge in [0, 0.05) is 10.4 Å². The number of methoxy groups -OCH3 is 1. The number of carbonyl (C=O) groups is 2. The Morgan fingerprint density at radius 2 is 2.10 bits per heavy atom. The van der Waals surface area contributed by atoms with E-state index >= 15 is 0 Å². The number of halogens is 1. The Hall–Kier alpha value is -2.84. The molecule has 1 N–H and O–H groups in total. The average Bonchev–Trinajstić information content (AvgIpc) is 3.45. The normalized spacial score (nSPS) is 18.2. The molecular formula is C22H18BrNO5S.